The van der Waals surface area contributed by atoms with Gasteiger partial charge in [-0.25, -0.2) is 0 Å². The summed E-state index contributed by atoms with van der Waals surface area (Å²) in [4.78, 5) is 16.7. The largest absolute Gasteiger partial charge is 0.361 e. The minimum atomic E-state index is 0.194. The zero-order valence-corrected chi connectivity index (χ0v) is 12.0. The first-order chi connectivity index (χ1) is 9.72. The van der Waals surface area contributed by atoms with E-state index in [-0.39, 0.29) is 5.92 Å². The maximum absolute atomic E-state index is 12.3. The second-order valence-corrected chi connectivity index (χ2v) is 5.72. The minimum Gasteiger partial charge on any atom is -0.361 e. The van der Waals surface area contributed by atoms with Gasteiger partial charge in [0.2, 0.25) is 5.91 Å². The average molecular weight is 278 g/mol. The summed E-state index contributed by atoms with van der Waals surface area (Å²) in [6.45, 7) is 8.01. The van der Waals surface area contributed by atoms with E-state index in [0.29, 0.717) is 5.91 Å². The van der Waals surface area contributed by atoms with E-state index in [9.17, 15) is 4.79 Å². The Hall–Kier alpha value is -1.40. The van der Waals surface area contributed by atoms with E-state index in [4.69, 9.17) is 4.52 Å². The lowest BCUT2D eigenvalue weighted by molar-refractivity contribution is -0.136. The van der Waals surface area contributed by atoms with Crippen LogP contribution in [0.15, 0.2) is 10.6 Å². The van der Waals surface area contributed by atoms with Gasteiger partial charge in [0.15, 0.2) is 0 Å². The Labute approximate surface area is 119 Å². The lowest BCUT2D eigenvalue weighted by Crippen LogP contribution is -2.50. The summed E-state index contributed by atoms with van der Waals surface area (Å²) in [5.74, 6) is 1.37. The first kappa shape index (κ1) is 13.6. The molecular weight excluding hydrogens is 256 g/mol. The fraction of sp³-hybridized carbons (Fsp3) is 0.714. The standard InChI is InChI=1S/C14H22N4O2/c1-11-8-13(16-20-11)10-17-4-6-18(7-5-17)14(19)12-2-3-15-9-12/h8,12,15H,2-7,9-10H2,1H3. The molecule has 3 rings (SSSR count). The molecular formula is C14H22N4O2. The summed E-state index contributed by atoms with van der Waals surface area (Å²) in [6, 6.07) is 1.97. The van der Waals surface area contributed by atoms with Crippen molar-refractivity contribution in [2.75, 3.05) is 39.3 Å². The van der Waals surface area contributed by atoms with Gasteiger partial charge in [0.1, 0.15) is 5.76 Å². The molecule has 1 amide bonds. The van der Waals surface area contributed by atoms with Crippen molar-refractivity contribution in [3.05, 3.63) is 17.5 Å². The van der Waals surface area contributed by atoms with Crippen LogP contribution in [0.3, 0.4) is 0 Å². The molecule has 1 N–H and O–H groups in total. The summed E-state index contributed by atoms with van der Waals surface area (Å²) in [6.07, 6.45) is 0.983. The Bertz CT molecular complexity index is 459. The molecule has 1 aromatic rings. The van der Waals surface area contributed by atoms with Crippen molar-refractivity contribution in [1.29, 1.82) is 0 Å². The van der Waals surface area contributed by atoms with Gasteiger partial charge in [-0.05, 0) is 19.9 Å². The van der Waals surface area contributed by atoms with Gasteiger partial charge in [-0.1, -0.05) is 5.16 Å². The Balaban J connectivity index is 1.48. The molecule has 2 saturated heterocycles. The number of hydrogen-bond acceptors (Lipinski definition) is 5. The van der Waals surface area contributed by atoms with E-state index in [0.717, 1.165) is 63.7 Å². The number of rotatable bonds is 3. The first-order valence-corrected chi connectivity index (χ1v) is 7.36. The Morgan fingerprint density at radius 3 is 2.85 bits per heavy atom. The molecule has 20 heavy (non-hydrogen) atoms. The molecule has 0 radical (unpaired) electrons. The smallest absolute Gasteiger partial charge is 0.227 e. The Morgan fingerprint density at radius 1 is 1.45 bits per heavy atom. The fourth-order valence-corrected chi connectivity index (χ4v) is 2.97. The topological polar surface area (TPSA) is 61.6 Å². The van der Waals surface area contributed by atoms with Crippen LogP contribution in [0.4, 0.5) is 0 Å². The van der Waals surface area contributed by atoms with Crippen LogP contribution in [0.2, 0.25) is 0 Å². The predicted molar refractivity (Wildman–Crippen MR) is 74.1 cm³/mol. The highest BCUT2D eigenvalue weighted by Gasteiger charge is 2.29. The molecule has 110 valence electrons. The molecule has 2 aliphatic rings. The number of amides is 1. The number of carbonyl (C=O) groups excluding carboxylic acids is 1. The van der Waals surface area contributed by atoms with Crippen LogP contribution in [0.5, 0.6) is 0 Å². The van der Waals surface area contributed by atoms with Crippen LogP contribution < -0.4 is 5.32 Å². The van der Waals surface area contributed by atoms with E-state index in [1.54, 1.807) is 0 Å². The van der Waals surface area contributed by atoms with Crippen molar-refractivity contribution < 1.29 is 9.32 Å². The molecule has 1 aromatic heterocycles. The van der Waals surface area contributed by atoms with Crippen LogP contribution in [0.25, 0.3) is 0 Å². The van der Waals surface area contributed by atoms with Crippen molar-refractivity contribution in [3.8, 4) is 0 Å². The molecule has 6 heteroatoms. The summed E-state index contributed by atoms with van der Waals surface area (Å²) >= 11 is 0. The van der Waals surface area contributed by atoms with Gasteiger partial charge >= 0.3 is 0 Å². The molecule has 1 atom stereocenters. The molecule has 6 nitrogen and oxygen atoms in total. The molecule has 2 aliphatic heterocycles. The molecule has 0 aromatic carbocycles. The normalized spacial score (nSPS) is 24.2. The highest BCUT2D eigenvalue weighted by Crippen LogP contribution is 2.15. The van der Waals surface area contributed by atoms with Gasteiger partial charge in [-0.2, -0.15) is 0 Å². The van der Waals surface area contributed by atoms with Gasteiger partial charge in [-0.15, -0.1) is 0 Å². The number of nitrogens with one attached hydrogen (secondary N) is 1. The van der Waals surface area contributed by atoms with Crippen molar-refractivity contribution in [2.45, 2.75) is 19.9 Å². The molecule has 0 saturated carbocycles. The molecule has 3 heterocycles. The second-order valence-electron chi connectivity index (χ2n) is 5.72. The maximum Gasteiger partial charge on any atom is 0.227 e. The van der Waals surface area contributed by atoms with E-state index in [2.05, 4.69) is 15.4 Å². The second kappa shape index (κ2) is 5.93. The average Bonchev–Trinajstić information content (AvgIpc) is 3.11. The van der Waals surface area contributed by atoms with Gasteiger partial charge in [0.05, 0.1) is 11.6 Å². The third-order valence-electron chi connectivity index (χ3n) is 4.16. The minimum absolute atomic E-state index is 0.194. The predicted octanol–water partition coefficient (Wildman–Crippen LogP) is 0.237. The van der Waals surface area contributed by atoms with Crippen molar-refractivity contribution in [3.63, 3.8) is 0 Å². The molecule has 0 bridgehead atoms. The van der Waals surface area contributed by atoms with Crippen LogP contribution >= 0.6 is 0 Å². The maximum atomic E-state index is 12.3. The fourth-order valence-electron chi connectivity index (χ4n) is 2.97. The number of aromatic nitrogens is 1. The van der Waals surface area contributed by atoms with Crippen LogP contribution in [0, 0.1) is 12.8 Å². The number of aryl methyl sites for hydroxylation is 1. The van der Waals surface area contributed by atoms with E-state index < -0.39 is 0 Å². The van der Waals surface area contributed by atoms with Gasteiger partial charge in [0.25, 0.3) is 0 Å². The van der Waals surface area contributed by atoms with E-state index in [1.807, 2.05) is 17.9 Å². The lowest BCUT2D eigenvalue weighted by atomic mass is 10.1. The number of piperazine rings is 1. The van der Waals surface area contributed by atoms with Crippen molar-refractivity contribution in [1.82, 2.24) is 20.3 Å². The number of carbonyl (C=O) groups is 1. The molecule has 0 aliphatic carbocycles. The SMILES string of the molecule is Cc1cc(CN2CCN(C(=O)C3CCNC3)CC2)no1. The van der Waals surface area contributed by atoms with Crippen molar-refractivity contribution in [2.24, 2.45) is 5.92 Å². The monoisotopic (exact) mass is 278 g/mol. The Morgan fingerprint density at radius 2 is 2.25 bits per heavy atom. The third kappa shape index (κ3) is 3.02. The number of hydrogen-bond donors (Lipinski definition) is 1. The molecule has 1 unspecified atom stereocenters. The third-order valence-corrected chi connectivity index (χ3v) is 4.16. The van der Waals surface area contributed by atoms with Crippen molar-refractivity contribution >= 4 is 5.91 Å². The van der Waals surface area contributed by atoms with Gasteiger partial charge < -0.3 is 14.7 Å². The summed E-state index contributed by atoms with van der Waals surface area (Å²) in [5.41, 5.74) is 0.974. The number of nitrogens with zero attached hydrogens (tertiary/aromatic N) is 3. The molecule has 2 fully saturated rings. The van der Waals surface area contributed by atoms with Gasteiger partial charge in [0, 0.05) is 45.3 Å². The van der Waals surface area contributed by atoms with Gasteiger partial charge in [-0.3, -0.25) is 9.69 Å². The summed E-state index contributed by atoms with van der Waals surface area (Å²) in [7, 11) is 0. The zero-order chi connectivity index (χ0) is 13.9. The lowest BCUT2D eigenvalue weighted by Gasteiger charge is -2.35. The highest BCUT2D eigenvalue weighted by molar-refractivity contribution is 5.79. The first-order valence-electron chi connectivity index (χ1n) is 7.36. The van der Waals surface area contributed by atoms with E-state index >= 15 is 0 Å². The van der Waals surface area contributed by atoms with Crippen LogP contribution in [0.1, 0.15) is 17.9 Å². The van der Waals surface area contributed by atoms with Crippen LogP contribution in [-0.2, 0) is 11.3 Å². The Kier molecular flexibility index (Phi) is 4.03. The quantitative estimate of drug-likeness (QED) is 0.858. The molecule has 0 spiro atoms. The summed E-state index contributed by atoms with van der Waals surface area (Å²) in [5, 5.41) is 7.28. The highest BCUT2D eigenvalue weighted by atomic mass is 16.5. The van der Waals surface area contributed by atoms with Crippen LogP contribution in [-0.4, -0.2) is 60.1 Å². The van der Waals surface area contributed by atoms with E-state index in [1.165, 1.54) is 0 Å². The zero-order valence-electron chi connectivity index (χ0n) is 12.0. The summed E-state index contributed by atoms with van der Waals surface area (Å²) < 4.78 is 5.08.